The summed E-state index contributed by atoms with van der Waals surface area (Å²) in [6.45, 7) is 2.01. The zero-order chi connectivity index (χ0) is 14.2. The molecule has 1 aliphatic rings. The van der Waals surface area contributed by atoms with Gasteiger partial charge in [-0.1, -0.05) is 0 Å². The first kappa shape index (κ1) is 13.9. The van der Waals surface area contributed by atoms with Gasteiger partial charge in [0.1, 0.15) is 0 Å². The molecule has 1 aliphatic carbocycles. The Kier molecular flexibility index (Phi) is 3.56. The molecule has 1 unspecified atom stereocenters. The van der Waals surface area contributed by atoms with Crippen molar-refractivity contribution in [3.63, 3.8) is 0 Å². The van der Waals surface area contributed by atoms with Crippen molar-refractivity contribution in [2.45, 2.75) is 32.0 Å². The summed E-state index contributed by atoms with van der Waals surface area (Å²) in [5, 5.41) is 0. The molecule has 0 aliphatic heterocycles. The van der Waals surface area contributed by atoms with Gasteiger partial charge in [-0.3, -0.25) is 4.79 Å². The minimum Gasteiger partial charge on any atom is -0.372 e. The Bertz CT molecular complexity index is 480. The predicted molar refractivity (Wildman–Crippen MR) is 67.4 cm³/mol. The van der Waals surface area contributed by atoms with Gasteiger partial charge in [-0.2, -0.15) is 13.2 Å². The third kappa shape index (κ3) is 2.91. The first-order chi connectivity index (χ1) is 8.84. The van der Waals surface area contributed by atoms with Gasteiger partial charge in [0.2, 0.25) is 0 Å². The van der Waals surface area contributed by atoms with E-state index in [1.807, 2.05) is 11.8 Å². The fourth-order valence-electron chi connectivity index (χ4n) is 2.24. The van der Waals surface area contributed by atoms with Crippen molar-refractivity contribution in [1.29, 1.82) is 0 Å². The lowest BCUT2D eigenvalue weighted by molar-refractivity contribution is -0.137. The highest BCUT2D eigenvalue weighted by atomic mass is 19.4. The Morgan fingerprint density at radius 1 is 1.37 bits per heavy atom. The molecule has 0 heterocycles. The number of benzene rings is 1. The number of aldehydes is 1. The van der Waals surface area contributed by atoms with E-state index in [-0.39, 0.29) is 17.9 Å². The van der Waals surface area contributed by atoms with E-state index in [1.54, 1.807) is 13.1 Å². The van der Waals surface area contributed by atoms with Crippen molar-refractivity contribution in [1.82, 2.24) is 0 Å². The standard InChI is InChI=1S/C14H16F3NO/c1-9(10-3-4-10)18(2)12-6-5-11(8-19)13(7-12)14(15,16)17/h5-10H,3-4H2,1-2H3. The Morgan fingerprint density at radius 2 is 2.00 bits per heavy atom. The van der Waals surface area contributed by atoms with Gasteiger partial charge >= 0.3 is 6.18 Å². The zero-order valence-corrected chi connectivity index (χ0v) is 10.9. The summed E-state index contributed by atoms with van der Waals surface area (Å²) < 4.78 is 38.6. The Morgan fingerprint density at radius 3 is 2.47 bits per heavy atom. The van der Waals surface area contributed by atoms with Crippen LogP contribution in [0.15, 0.2) is 18.2 Å². The second-order valence-corrected chi connectivity index (χ2v) is 5.08. The molecule has 19 heavy (non-hydrogen) atoms. The van der Waals surface area contributed by atoms with Crippen LogP contribution in [0, 0.1) is 5.92 Å². The van der Waals surface area contributed by atoms with Crippen LogP contribution in [0.25, 0.3) is 0 Å². The second-order valence-electron chi connectivity index (χ2n) is 5.08. The number of rotatable bonds is 4. The quantitative estimate of drug-likeness (QED) is 0.777. The highest BCUT2D eigenvalue weighted by Crippen LogP contribution is 2.38. The van der Waals surface area contributed by atoms with Gasteiger partial charge in [-0.25, -0.2) is 0 Å². The molecule has 1 fully saturated rings. The van der Waals surface area contributed by atoms with Gasteiger partial charge in [-0.05, 0) is 43.9 Å². The van der Waals surface area contributed by atoms with Crippen molar-refractivity contribution in [2.75, 3.05) is 11.9 Å². The SMILES string of the molecule is CC(C1CC1)N(C)c1ccc(C=O)c(C(F)(F)F)c1. The van der Waals surface area contributed by atoms with E-state index in [1.165, 1.54) is 6.07 Å². The molecular formula is C14H16F3NO. The lowest BCUT2D eigenvalue weighted by Gasteiger charge is -2.28. The fourth-order valence-corrected chi connectivity index (χ4v) is 2.24. The van der Waals surface area contributed by atoms with Crippen molar-refractivity contribution in [2.24, 2.45) is 5.92 Å². The first-order valence-corrected chi connectivity index (χ1v) is 6.24. The lowest BCUT2D eigenvalue weighted by atomic mass is 10.1. The molecule has 2 rings (SSSR count). The molecule has 104 valence electrons. The van der Waals surface area contributed by atoms with Crippen LogP contribution in [0.4, 0.5) is 18.9 Å². The van der Waals surface area contributed by atoms with Gasteiger partial charge in [0.25, 0.3) is 0 Å². The van der Waals surface area contributed by atoms with Crippen molar-refractivity contribution < 1.29 is 18.0 Å². The molecule has 0 saturated heterocycles. The number of carbonyl (C=O) groups is 1. The summed E-state index contributed by atoms with van der Waals surface area (Å²) in [7, 11) is 1.79. The predicted octanol–water partition coefficient (Wildman–Crippen LogP) is 3.75. The van der Waals surface area contributed by atoms with E-state index in [0.29, 0.717) is 11.6 Å². The lowest BCUT2D eigenvalue weighted by Crippen LogP contribution is -2.30. The maximum Gasteiger partial charge on any atom is 0.417 e. The van der Waals surface area contributed by atoms with Crippen LogP contribution in [0.3, 0.4) is 0 Å². The molecule has 1 saturated carbocycles. The number of nitrogens with zero attached hydrogens (tertiary/aromatic N) is 1. The van der Waals surface area contributed by atoms with Gasteiger partial charge in [-0.15, -0.1) is 0 Å². The third-order valence-electron chi connectivity index (χ3n) is 3.79. The summed E-state index contributed by atoms with van der Waals surface area (Å²) >= 11 is 0. The molecule has 0 amide bonds. The molecule has 0 bridgehead atoms. The first-order valence-electron chi connectivity index (χ1n) is 6.24. The molecule has 1 atom stereocenters. The number of carbonyl (C=O) groups excluding carboxylic acids is 1. The largest absolute Gasteiger partial charge is 0.417 e. The molecule has 1 aromatic rings. The van der Waals surface area contributed by atoms with Crippen LogP contribution in [-0.4, -0.2) is 19.4 Å². The van der Waals surface area contributed by atoms with E-state index in [4.69, 9.17) is 0 Å². The van der Waals surface area contributed by atoms with Crippen molar-refractivity contribution in [3.8, 4) is 0 Å². The van der Waals surface area contributed by atoms with Crippen LogP contribution >= 0.6 is 0 Å². The number of anilines is 1. The molecule has 0 aromatic heterocycles. The minimum absolute atomic E-state index is 0.211. The fraction of sp³-hybridized carbons (Fsp3) is 0.500. The summed E-state index contributed by atoms with van der Waals surface area (Å²) in [5.41, 5.74) is -0.684. The molecule has 2 nitrogen and oxygen atoms in total. The van der Waals surface area contributed by atoms with Crippen molar-refractivity contribution >= 4 is 12.0 Å². The van der Waals surface area contributed by atoms with Crippen LogP contribution in [-0.2, 0) is 6.18 Å². The molecule has 1 aromatic carbocycles. The molecule has 0 N–H and O–H groups in total. The van der Waals surface area contributed by atoms with Crippen LogP contribution in [0.1, 0.15) is 35.7 Å². The van der Waals surface area contributed by atoms with Crippen LogP contribution < -0.4 is 4.90 Å². The van der Waals surface area contributed by atoms with Crippen LogP contribution in [0.2, 0.25) is 0 Å². The van der Waals surface area contributed by atoms with E-state index in [2.05, 4.69) is 0 Å². The average Bonchev–Trinajstić information content (AvgIpc) is 3.19. The molecule has 5 heteroatoms. The summed E-state index contributed by atoms with van der Waals surface area (Å²) in [4.78, 5) is 12.5. The summed E-state index contributed by atoms with van der Waals surface area (Å²) in [6.07, 6.45) is -2.00. The average molecular weight is 271 g/mol. The van der Waals surface area contributed by atoms with E-state index < -0.39 is 11.7 Å². The Balaban J connectivity index is 2.34. The van der Waals surface area contributed by atoms with E-state index >= 15 is 0 Å². The maximum atomic E-state index is 12.9. The Hall–Kier alpha value is -1.52. The van der Waals surface area contributed by atoms with E-state index in [9.17, 15) is 18.0 Å². The number of hydrogen-bond donors (Lipinski definition) is 0. The summed E-state index contributed by atoms with van der Waals surface area (Å²) in [6, 6.07) is 4.07. The molecular weight excluding hydrogens is 255 g/mol. The van der Waals surface area contributed by atoms with E-state index in [0.717, 1.165) is 18.9 Å². The number of halogens is 3. The Labute approximate surface area is 110 Å². The van der Waals surface area contributed by atoms with Gasteiger partial charge in [0, 0.05) is 24.3 Å². The van der Waals surface area contributed by atoms with Crippen molar-refractivity contribution in [3.05, 3.63) is 29.3 Å². The maximum absolute atomic E-state index is 12.9. The summed E-state index contributed by atoms with van der Waals surface area (Å²) in [5.74, 6) is 0.560. The highest BCUT2D eigenvalue weighted by Gasteiger charge is 2.35. The second kappa shape index (κ2) is 4.87. The third-order valence-corrected chi connectivity index (χ3v) is 3.79. The normalized spacial score (nSPS) is 17.1. The smallest absolute Gasteiger partial charge is 0.372 e. The zero-order valence-electron chi connectivity index (χ0n) is 10.9. The van der Waals surface area contributed by atoms with Crippen LogP contribution in [0.5, 0.6) is 0 Å². The van der Waals surface area contributed by atoms with Gasteiger partial charge in [0.05, 0.1) is 5.56 Å². The van der Waals surface area contributed by atoms with Gasteiger partial charge < -0.3 is 4.90 Å². The topological polar surface area (TPSA) is 20.3 Å². The number of hydrogen-bond acceptors (Lipinski definition) is 2. The monoisotopic (exact) mass is 271 g/mol. The number of alkyl halides is 3. The minimum atomic E-state index is -4.50. The molecule has 0 spiro atoms. The van der Waals surface area contributed by atoms with Gasteiger partial charge in [0.15, 0.2) is 6.29 Å². The highest BCUT2D eigenvalue weighted by molar-refractivity contribution is 5.79. The molecule has 0 radical (unpaired) electrons.